The maximum atomic E-state index is 10.9. The Labute approximate surface area is 131 Å². The number of benzene rings is 2. The van der Waals surface area contributed by atoms with Gasteiger partial charge in [-0.25, -0.2) is 4.79 Å². The second-order valence-corrected chi connectivity index (χ2v) is 5.36. The molecule has 0 amide bonds. The van der Waals surface area contributed by atoms with Crippen LogP contribution in [0.5, 0.6) is 11.5 Å². The largest absolute Gasteiger partial charge is 0.490 e. The van der Waals surface area contributed by atoms with Crippen molar-refractivity contribution < 1.29 is 19.4 Å². The SMILES string of the molecule is Cc1ccc(C(=O)O)cc1OCCOc1cccc(Br)c1. The van der Waals surface area contributed by atoms with Gasteiger partial charge in [-0.05, 0) is 42.8 Å². The van der Waals surface area contributed by atoms with Crippen LogP contribution in [-0.4, -0.2) is 24.3 Å². The van der Waals surface area contributed by atoms with Gasteiger partial charge in [0.1, 0.15) is 24.7 Å². The topological polar surface area (TPSA) is 55.8 Å². The fourth-order valence-corrected chi connectivity index (χ4v) is 2.13. The molecule has 2 aromatic carbocycles. The number of ether oxygens (including phenoxy) is 2. The van der Waals surface area contributed by atoms with Crippen LogP contribution in [0.15, 0.2) is 46.9 Å². The molecular formula is C16H15BrO4. The minimum Gasteiger partial charge on any atom is -0.490 e. The first-order chi connectivity index (χ1) is 10.1. The molecule has 4 nitrogen and oxygen atoms in total. The molecule has 0 radical (unpaired) electrons. The van der Waals surface area contributed by atoms with Crippen molar-refractivity contribution in [3.63, 3.8) is 0 Å². The highest BCUT2D eigenvalue weighted by molar-refractivity contribution is 9.10. The Morgan fingerprint density at radius 2 is 1.90 bits per heavy atom. The van der Waals surface area contributed by atoms with E-state index in [4.69, 9.17) is 14.6 Å². The molecule has 0 aliphatic carbocycles. The van der Waals surface area contributed by atoms with Crippen molar-refractivity contribution in [1.29, 1.82) is 0 Å². The molecule has 2 rings (SSSR count). The van der Waals surface area contributed by atoms with Crippen molar-refractivity contribution in [3.05, 3.63) is 58.1 Å². The summed E-state index contributed by atoms with van der Waals surface area (Å²) in [5.41, 5.74) is 1.10. The number of carboxylic acids is 1. The van der Waals surface area contributed by atoms with Gasteiger partial charge in [0.25, 0.3) is 0 Å². The molecule has 0 heterocycles. The number of hydrogen-bond donors (Lipinski definition) is 1. The Hall–Kier alpha value is -2.01. The van der Waals surface area contributed by atoms with Gasteiger partial charge in [-0.3, -0.25) is 0 Å². The van der Waals surface area contributed by atoms with E-state index in [9.17, 15) is 4.79 Å². The highest BCUT2D eigenvalue weighted by Gasteiger charge is 2.07. The molecule has 1 N–H and O–H groups in total. The third-order valence-electron chi connectivity index (χ3n) is 2.84. The van der Waals surface area contributed by atoms with Gasteiger partial charge in [-0.2, -0.15) is 0 Å². The van der Waals surface area contributed by atoms with Crippen molar-refractivity contribution >= 4 is 21.9 Å². The zero-order chi connectivity index (χ0) is 15.2. The smallest absolute Gasteiger partial charge is 0.335 e. The summed E-state index contributed by atoms with van der Waals surface area (Å²) in [4.78, 5) is 10.9. The van der Waals surface area contributed by atoms with E-state index >= 15 is 0 Å². The maximum absolute atomic E-state index is 10.9. The average Bonchev–Trinajstić information content (AvgIpc) is 2.45. The van der Waals surface area contributed by atoms with E-state index in [0.717, 1.165) is 15.8 Å². The van der Waals surface area contributed by atoms with Crippen LogP contribution < -0.4 is 9.47 Å². The molecular weight excluding hydrogens is 336 g/mol. The standard InChI is InChI=1S/C16H15BrO4/c1-11-5-6-12(16(18)19)9-15(11)21-8-7-20-14-4-2-3-13(17)10-14/h2-6,9-10H,7-8H2,1H3,(H,18,19). The molecule has 0 fully saturated rings. The van der Waals surface area contributed by atoms with E-state index in [1.54, 1.807) is 12.1 Å². The number of aromatic carboxylic acids is 1. The van der Waals surface area contributed by atoms with Crippen molar-refractivity contribution in [2.24, 2.45) is 0 Å². The van der Waals surface area contributed by atoms with Gasteiger partial charge in [0.2, 0.25) is 0 Å². The third-order valence-corrected chi connectivity index (χ3v) is 3.33. The molecule has 0 saturated carbocycles. The van der Waals surface area contributed by atoms with E-state index in [0.29, 0.717) is 19.0 Å². The number of aryl methyl sites for hydroxylation is 1. The summed E-state index contributed by atoms with van der Waals surface area (Å²) in [6.07, 6.45) is 0. The zero-order valence-corrected chi connectivity index (χ0v) is 13.1. The fraction of sp³-hybridized carbons (Fsp3) is 0.188. The Morgan fingerprint density at radius 1 is 1.14 bits per heavy atom. The second kappa shape index (κ2) is 7.13. The number of rotatable bonds is 6. The highest BCUT2D eigenvalue weighted by Crippen LogP contribution is 2.20. The summed E-state index contributed by atoms with van der Waals surface area (Å²) >= 11 is 3.37. The number of halogens is 1. The summed E-state index contributed by atoms with van der Waals surface area (Å²) in [5.74, 6) is 0.349. The van der Waals surface area contributed by atoms with Crippen LogP contribution in [0.2, 0.25) is 0 Å². The maximum Gasteiger partial charge on any atom is 0.335 e. The molecule has 0 bridgehead atoms. The minimum absolute atomic E-state index is 0.212. The number of carboxylic acid groups (broad SMARTS) is 1. The molecule has 0 aromatic heterocycles. The third kappa shape index (κ3) is 4.49. The molecule has 0 saturated heterocycles. The lowest BCUT2D eigenvalue weighted by atomic mass is 10.1. The lowest BCUT2D eigenvalue weighted by molar-refractivity contribution is 0.0696. The first kappa shape index (κ1) is 15.4. The Bertz CT molecular complexity index is 640. The Kier molecular flexibility index (Phi) is 5.22. The normalized spacial score (nSPS) is 10.2. The summed E-state index contributed by atoms with van der Waals surface area (Å²) < 4.78 is 12.1. The van der Waals surface area contributed by atoms with E-state index < -0.39 is 5.97 Å². The molecule has 5 heteroatoms. The molecule has 0 aliphatic heterocycles. The van der Waals surface area contributed by atoms with E-state index in [-0.39, 0.29) is 5.56 Å². The van der Waals surface area contributed by atoms with Gasteiger partial charge in [-0.15, -0.1) is 0 Å². The van der Waals surface area contributed by atoms with E-state index in [1.807, 2.05) is 31.2 Å². The predicted molar refractivity (Wildman–Crippen MR) is 83.3 cm³/mol. The number of carbonyl (C=O) groups is 1. The van der Waals surface area contributed by atoms with Crippen LogP contribution in [-0.2, 0) is 0 Å². The van der Waals surface area contributed by atoms with Gasteiger partial charge in [0.05, 0.1) is 5.56 Å². The van der Waals surface area contributed by atoms with Gasteiger partial charge in [0, 0.05) is 4.47 Å². The summed E-state index contributed by atoms with van der Waals surface area (Å²) in [7, 11) is 0. The zero-order valence-electron chi connectivity index (χ0n) is 11.5. The first-order valence-corrected chi connectivity index (χ1v) is 7.20. The van der Waals surface area contributed by atoms with E-state index in [1.165, 1.54) is 6.07 Å². The van der Waals surface area contributed by atoms with Crippen LogP contribution in [0.1, 0.15) is 15.9 Å². The van der Waals surface area contributed by atoms with Gasteiger partial charge in [0.15, 0.2) is 0 Å². The predicted octanol–water partition coefficient (Wildman–Crippen LogP) is 3.91. The monoisotopic (exact) mass is 350 g/mol. The lowest BCUT2D eigenvalue weighted by Gasteiger charge is -2.11. The minimum atomic E-state index is -0.967. The van der Waals surface area contributed by atoms with Gasteiger partial charge < -0.3 is 14.6 Å². The first-order valence-electron chi connectivity index (χ1n) is 6.41. The summed E-state index contributed by atoms with van der Waals surface area (Å²) in [6, 6.07) is 12.4. The molecule has 0 atom stereocenters. The fourth-order valence-electron chi connectivity index (χ4n) is 1.76. The summed E-state index contributed by atoms with van der Waals surface area (Å²) in [5, 5.41) is 8.96. The average molecular weight is 351 g/mol. The molecule has 0 spiro atoms. The quantitative estimate of drug-likeness (QED) is 0.802. The van der Waals surface area contributed by atoms with Gasteiger partial charge in [-0.1, -0.05) is 28.1 Å². The Balaban J connectivity index is 1.88. The molecule has 0 aliphatic rings. The van der Waals surface area contributed by atoms with E-state index in [2.05, 4.69) is 15.9 Å². The van der Waals surface area contributed by atoms with Crippen LogP contribution >= 0.6 is 15.9 Å². The number of hydrogen-bond acceptors (Lipinski definition) is 3. The van der Waals surface area contributed by atoms with Crippen LogP contribution in [0.25, 0.3) is 0 Å². The van der Waals surface area contributed by atoms with Crippen molar-refractivity contribution in [3.8, 4) is 11.5 Å². The van der Waals surface area contributed by atoms with Crippen molar-refractivity contribution in [2.75, 3.05) is 13.2 Å². The Morgan fingerprint density at radius 3 is 2.62 bits per heavy atom. The molecule has 110 valence electrons. The molecule has 0 unspecified atom stereocenters. The highest BCUT2D eigenvalue weighted by atomic mass is 79.9. The van der Waals surface area contributed by atoms with Gasteiger partial charge >= 0.3 is 5.97 Å². The lowest BCUT2D eigenvalue weighted by Crippen LogP contribution is -2.10. The van der Waals surface area contributed by atoms with Crippen LogP contribution in [0.3, 0.4) is 0 Å². The molecule has 21 heavy (non-hydrogen) atoms. The van der Waals surface area contributed by atoms with Crippen molar-refractivity contribution in [1.82, 2.24) is 0 Å². The van der Waals surface area contributed by atoms with Crippen LogP contribution in [0, 0.1) is 6.92 Å². The second-order valence-electron chi connectivity index (χ2n) is 4.44. The van der Waals surface area contributed by atoms with Crippen LogP contribution in [0.4, 0.5) is 0 Å². The summed E-state index contributed by atoms with van der Waals surface area (Å²) in [6.45, 7) is 2.60. The van der Waals surface area contributed by atoms with Crippen molar-refractivity contribution in [2.45, 2.75) is 6.92 Å². The molecule has 2 aromatic rings.